The number of likely N-dealkylation sites (tertiary alicyclic amines) is 1. The summed E-state index contributed by atoms with van der Waals surface area (Å²) in [4.78, 5) is 37.4. The van der Waals surface area contributed by atoms with E-state index in [4.69, 9.17) is 9.47 Å². The van der Waals surface area contributed by atoms with Gasteiger partial charge in [-0.1, -0.05) is 12.1 Å². The zero-order chi connectivity index (χ0) is 20.7. The lowest BCUT2D eigenvalue weighted by Crippen LogP contribution is -2.34. The van der Waals surface area contributed by atoms with E-state index in [9.17, 15) is 14.4 Å². The minimum absolute atomic E-state index is 0.149. The van der Waals surface area contributed by atoms with Crippen molar-refractivity contribution in [2.75, 3.05) is 5.32 Å². The van der Waals surface area contributed by atoms with Gasteiger partial charge in [-0.15, -0.1) is 0 Å². The molecule has 1 aliphatic carbocycles. The first-order valence-corrected chi connectivity index (χ1v) is 10.3. The van der Waals surface area contributed by atoms with E-state index in [1.807, 2.05) is 6.07 Å². The average molecular weight is 406 g/mol. The van der Waals surface area contributed by atoms with Gasteiger partial charge in [0.1, 0.15) is 0 Å². The van der Waals surface area contributed by atoms with Crippen LogP contribution in [-0.2, 0) is 16.1 Å². The van der Waals surface area contributed by atoms with Crippen LogP contribution in [-0.4, -0.2) is 28.4 Å². The molecule has 1 saturated heterocycles. The molecule has 30 heavy (non-hydrogen) atoms. The van der Waals surface area contributed by atoms with E-state index in [2.05, 4.69) is 5.32 Å². The van der Waals surface area contributed by atoms with Crippen molar-refractivity contribution in [3.05, 3.63) is 53.6 Å². The van der Waals surface area contributed by atoms with Gasteiger partial charge >= 0.3 is 0 Å². The van der Waals surface area contributed by atoms with Crippen molar-refractivity contribution in [3.8, 4) is 11.5 Å². The number of imide groups is 1. The maximum atomic E-state index is 12.6. The van der Waals surface area contributed by atoms with Crippen LogP contribution in [0.4, 0.5) is 5.69 Å². The summed E-state index contributed by atoms with van der Waals surface area (Å²) < 4.78 is 12.0. The Labute approximate surface area is 174 Å². The molecule has 3 aliphatic rings. The average Bonchev–Trinajstić information content (AvgIpc) is 3.43. The Hall–Kier alpha value is -3.35. The van der Waals surface area contributed by atoms with Crippen LogP contribution in [0.25, 0.3) is 0 Å². The van der Waals surface area contributed by atoms with Crippen LogP contribution in [0.15, 0.2) is 42.5 Å². The molecule has 0 bridgehead atoms. The Bertz CT molecular complexity index is 1010. The zero-order valence-electron chi connectivity index (χ0n) is 16.5. The number of hydrogen-bond donors (Lipinski definition) is 1. The first-order chi connectivity index (χ1) is 14.5. The Morgan fingerprint density at radius 3 is 2.30 bits per heavy atom. The number of hydrogen-bond acceptors (Lipinski definition) is 5. The van der Waals surface area contributed by atoms with Crippen molar-refractivity contribution < 1.29 is 23.9 Å². The molecule has 2 aromatic rings. The molecule has 0 unspecified atom stereocenters. The van der Waals surface area contributed by atoms with Gasteiger partial charge in [0.15, 0.2) is 11.5 Å². The number of carbonyl (C=O) groups excluding carboxylic acids is 3. The predicted molar refractivity (Wildman–Crippen MR) is 108 cm³/mol. The minimum Gasteiger partial charge on any atom is -0.448 e. The highest BCUT2D eigenvalue weighted by atomic mass is 16.7. The van der Waals surface area contributed by atoms with Crippen molar-refractivity contribution in [1.29, 1.82) is 0 Å². The van der Waals surface area contributed by atoms with Crippen molar-refractivity contribution in [2.24, 2.45) is 0 Å². The highest BCUT2D eigenvalue weighted by Gasteiger charge is 2.44. The maximum Gasteiger partial charge on any atom is 0.255 e. The highest BCUT2D eigenvalue weighted by Crippen LogP contribution is 2.47. The second kappa shape index (κ2) is 7.16. The molecule has 0 atom stereocenters. The van der Waals surface area contributed by atoms with Crippen LogP contribution in [0.3, 0.4) is 0 Å². The van der Waals surface area contributed by atoms with E-state index in [0.29, 0.717) is 22.7 Å². The lowest BCUT2D eigenvalue weighted by atomic mass is 10.1. The van der Waals surface area contributed by atoms with Gasteiger partial charge < -0.3 is 14.8 Å². The van der Waals surface area contributed by atoms with Crippen LogP contribution in [0.5, 0.6) is 11.5 Å². The molecule has 7 nitrogen and oxygen atoms in total. The van der Waals surface area contributed by atoms with Crippen LogP contribution in [0.2, 0.25) is 0 Å². The summed E-state index contributed by atoms with van der Waals surface area (Å²) in [5.41, 5.74) is 1.93. The number of fused-ring (bicyclic) bond motifs is 1. The van der Waals surface area contributed by atoms with E-state index >= 15 is 0 Å². The number of rotatable bonds is 4. The summed E-state index contributed by atoms with van der Waals surface area (Å²) >= 11 is 0. The largest absolute Gasteiger partial charge is 0.448 e. The van der Waals surface area contributed by atoms with Gasteiger partial charge in [0, 0.05) is 43.0 Å². The van der Waals surface area contributed by atoms with Gasteiger partial charge in [-0.05, 0) is 42.7 Å². The highest BCUT2D eigenvalue weighted by molar-refractivity contribution is 6.04. The van der Waals surface area contributed by atoms with Gasteiger partial charge in [-0.2, -0.15) is 0 Å². The van der Waals surface area contributed by atoms with E-state index in [1.165, 1.54) is 4.90 Å². The lowest BCUT2D eigenvalue weighted by Gasteiger charge is -2.21. The SMILES string of the molecule is O=C(Nc1ccc2c(c1)OC1(CCCC1)O2)c1ccc(CN2C(=O)CCC2=O)cc1. The van der Waals surface area contributed by atoms with Gasteiger partial charge in [0.2, 0.25) is 11.8 Å². The molecule has 1 spiro atoms. The molecular weight excluding hydrogens is 384 g/mol. The lowest BCUT2D eigenvalue weighted by molar-refractivity contribution is -0.139. The molecule has 0 radical (unpaired) electrons. The molecule has 3 amide bonds. The third-order valence-corrected chi connectivity index (χ3v) is 5.87. The molecule has 1 N–H and O–H groups in total. The predicted octanol–water partition coefficient (Wildman–Crippen LogP) is 3.63. The quantitative estimate of drug-likeness (QED) is 0.784. The Morgan fingerprint density at radius 2 is 1.60 bits per heavy atom. The summed E-state index contributed by atoms with van der Waals surface area (Å²) in [7, 11) is 0. The summed E-state index contributed by atoms with van der Waals surface area (Å²) in [6.45, 7) is 0.240. The summed E-state index contributed by atoms with van der Waals surface area (Å²) in [5, 5.41) is 2.88. The van der Waals surface area contributed by atoms with Crippen molar-refractivity contribution in [2.45, 2.75) is 50.9 Å². The molecule has 7 heteroatoms. The van der Waals surface area contributed by atoms with Crippen LogP contribution < -0.4 is 14.8 Å². The van der Waals surface area contributed by atoms with Gasteiger partial charge in [-0.3, -0.25) is 19.3 Å². The van der Waals surface area contributed by atoms with E-state index in [0.717, 1.165) is 31.2 Å². The van der Waals surface area contributed by atoms with Crippen LogP contribution in [0.1, 0.15) is 54.4 Å². The smallest absolute Gasteiger partial charge is 0.255 e. The number of amides is 3. The molecule has 2 heterocycles. The van der Waals surface area contributed by atoms with E-state index in [1.54, 1.807) is 36.4 Å². The second-order valence-corrected chi connectivity index (χ2v) is 8.01. The molecule has 1 saturated carbocycles. The van der Waals surface area contributed by atoms with Crippen molar-refractivity contribution in [1.82, 2.24) is 4.90 Å². The Balaban J connectivity index is 1.24. The number of nitrogens with zero attached hydrogens (tertiary/aromatic N) is 1. The molecular formula is C23H22N2O5. The number of benzene rings is 2. The maximum absolute atomic E-state index is 12.6. The Kier molecular flexibility index (Phi) is 4.46. The fourth-order valence-corrected chi connectivity index (χ4v) is 4.24. The topological polar surface area (TPSA) is 84.9 Å². The Morgan fingerprint density at radius 1 is 0.933 bits per heavy atom. The van der Waals surface area contributed by atoms with Crippen molar-refractivity contribution in [3.63, 3.8) is 0 Å². The van der Waals surface area contributed by atoms with E-state index < -0.39 is 5.79 Å². The first-order valence-electron chi connectivity index (χ1n) is 10.3. The monoisotopic (exact) mass is 406 g/mol. The van der Waals surface area contributed by atoms with E-state index in [-0.39, 0.29) is 37.1 Å². The normalized spacial score (nSPS) is 19.0. The van der Waals surface area contributed by atoms with Gasteiger partial charge in [0.25, 0.3) is 11.7 Å². The third kappa shape index (κ3) is 3.40. The molecule has 154 valence electrons. The fraction of sp³-hybridized carbons (Fsp3) is 0.348. The second-order valence-electron chi connectivity index (χ2n) is 8.01. The molecule has 2 aliphatic heterocycles. The molecule has 2 aromatic carbocycles. The van der Waals surface area contributed by atoms with Crippen LogP contribution in [0, 0.1) is 0 Å². The van der Waals surface area contributed by atoms with Gasteiger partial charge in [-0.25, -0.2) is 0 Å². The number of nitrogens with one attached hydrogen (secondary N) is 1. The summed E-state index contributed by atoms with van der Waals surface area (Å²) in [6.07, 6.45) is 4.49. The summed E-state index contributed by atoms with van der Waals surface area (Å²) in [5.74, 6) is 0.298. The molecule has 5 rings (SSSR count). The number of carbonyl (C=O) groups is 3. The standard InChI is InChI=1S/C23H22N2O5/c26-20-9-10-21(27)25(20)14-15-3-5-16(6-4-15)22(28)24-17-7-8-18-19(13-17)30-23(29-18)11-1-2-12-23/h3-8,13H,1-2,9-12,14H2,(H,24,28). The van der Waals surface area contributed by atoms with Crippen molar-refractivity contribution >= 4 is 23.4 Å². The molecule has 0 aromatic heterocycles. The molecule has 2 fully saturated rings. The first kappa shape index (κ1) is 18.7. The fourth-order valence-electron chi connectivity index (χ4n) is 4.24. The zero-order valence-corrected chi connectivity index (χ0v) is 16.5. The third-order valence-electron chi connectivity index (χ3n) is 5.87. The minimum atomic E-state index is -0.529. The summed E-state index contributed by atoms with van der Waals surface area (Å²) in [6, 6.07) is 12.3. The number of ether oxygens (including phenoxy) is 2. The number of anilines is 1. The van der Waals surface area contributed by atoms with Crippen LogP contribution >= 0.6 is 0 Å². The van der Waals surface area contributed by atoms with Gasteiger partial charge in [0.05, 0.1) is 6.54 Å².